The molecule has 0 radical (unpaired) electrons. The van der Waals surface area contributed by atoms with Gasteiger partial charge < -0.3 is 0 Å². The maximum absolute atomic E-state index is 4.68. The predicted octanol–water partition coefficient (Wildman–Crippen LogP) is 3.39. The monoisotopic (exact) mass is 195 g/mol. The lowest BCUT2D eigenvalue weighted by atomic mass is 9.93. The smallest absolute Gasteiger partial charge is 0.0931 e. The Morgan fingerprint density at radius 2 is 2.15 bits per heavy atom. The molecule has 72 valence electrons. The first-order valence-corrected chi connectivity index (χ1v) is 5.88. The molecule has 1 fully saturated rings. The first-order valence-electron chi connectivity index (χ1n) is 5.00. The Morgan fingerprint density at radius 3 is 2.62 bits per heavy atom. The van der Waals surface area contributed by atoms with E-state index in [1.807, 2.05) is 11.3 Å². The van der Waals surface area contributed by atoms with Crippen LogP contribution in [0.25, 0.3) is 0 Å². The fraction of sp³-hybridized carbons (Fsp3) is 0.727. The minimum atomic E-state index is 0.221. The number of hydrogen-bond donors (Lipinski definition) is 0. The molecule has 1 aromatic heterocycles. The van der Waals surface area contributed by atoms with Crippen molar-refractivity contribution in [2.75, 3.05) is 0 Å². The molecule has 2 heteroatoms. The predicted molar refractivity (Wildman–Crippen MR) is 57.2 cm³/mol. The zero-order valence-electron chi connectivity index (χ0n) is 8.63. The van der Waals surface area contributed by atoms with Gasteiger partial charge in [-0.3, -0.25) is 0 Å². The van der Waals surface area contributed by atoms with Gasteiger partial charge in [0.25, 0.3) is 0 Å². The topological polar surface area (TPSA) is 12.9 Å². The van der Waals surface area contributed by atoms with Crippen LogP contribution in [0.5, 0.6) is 0 Å². The molecule has 13 heavy (non-hydrogen) atoms. The third-order valence-electron chi connectivity index (χ3n) is 2.48. The maximum Gasteiger partial charge on any atom is 0.0931 e. The van der Waals surface area contributed by atoms with Crippen molar-refractivity contribution in [3.05, 3.63) is 16.1 Å². The van der Waals surface area contributed by atoms with Gasteiger partial charge in [-0.15, -0.1) is 11.3 Å². The molecule has 0 aromatic carbocycles. The average molecular weight is 195 g/mol. The summed E-state index contributed by atoms with van der Waals surface area (Å²) in [6.07, 6.45) is 4.07. The van der Waals surface area contributed by atoms with Crippen molar-refractivity contribution < 1.29 is 0 Å². The molecule has 0 spiro atoms. The van der Waals surface area contributed by atoms with Gasteiger partial charge >= 0.3 is 0 Å². The fourth-order valence-electron chi connectivity index (χ4n) is 1.32. The molecule has 1 nitrogen and oxygen atoms in total. The van der Waals surface area contributed by atoms with Crippen LogP contribution in [0.4, 0.5) is 0 Å². The molecule has 0 atom stereocenters. The first kappa shape index (κ1) is 9.20. The zero-order valence-corrected chi connectivity index (χ0v) is 9.45. The van der Waals surface area contributed by atoms with Crippen LogP contribution in [-0.4, -0.2) is 4.98 Å². The molecule has 1 saturated carbocycles. The summed E-state index contributed by atoms with van der Waals surface area (Å²) in [5.41, 5.74) is 1.48. The van der Waals surface area contributed by atoms with Crippen LogP contribution in [0.15, 0.2) is 5.38 Å². The van der Waals surface area contributed by atoms with E-state index in [4.69, 9.17) is 0 Å². The van der Waals surface area contributed by atoms with Crippen molar-refractivity contribution in [2.45, 2.75) is 45.4 Å². The van der Waals surface area contributed by atoms with Crippen molar-refractivity contribution in [3.63, 3.8) is 0 Å². The SMILES string of the molecule is CC(C)(C)c1csc(CC2CC2)n1. The van der Waals surface area contributed by atoms with Crippen molar-refractivity contribution in [2.24, 2.45) is 5.92 Å². The largest absolute Gasteiger partial charge is 0.246 e. The third-order valence-corrected chi connectivity index (χ3v) is 3.35. The lowest BCUT2D eigenvalue weighted by Gasteiger charge is -2.14. The highest BCUT2D eigenvalue weighted by atomic mass is 32.1. The molecule has 0 bridgehead atoms. The number of thiazole rings is 1. The highest BCUT2D eigenvalue weighted by Crippen LogP contribution is 2.34. The van der Waals surface area contributed by atoms with Crippen LogP contribution in [0.3, 0.4) is 0 Å². The minimum Gasteiger partial charge on any atom is -0.246 e. The van der Waals surface area contributed by atoms with Gasteiger partial charge in [-0.25, -0.2) is 4.98 Å². The second-order valence-corrected chi connectivity index (χ2v) is 5.97. The highest BCUT2D eigenvalue weighted by molar-refractivity contribution is 7.09. The Morgan fingerprint density at radius 1 is 1.46 bits per heavy atom. The van der Waals surface area contributed by atoms with E-state index in [1.54, 1.807) is 0 Å². The van der Waals surface area contributed by atoms with E-state index in [9.17, 15) is 0 Å². The number of hydrogen-bond acceptors (Lipinski definition) is 2. The summed E-state index contributed by atoms with van der Waals surface area (Å²) >= 11 is 1.83. The van der Waals surface area contributed by atoms with Gasteiger partial charge in [-0.2, -0.15) is 0 Å². The van der Waals surface area contributed by atoms with Gasteiger partial charge in [0.2, 0.25) is 0 Å². The van der Waals surface area contributed by atoms with E-state index >= 15 is 0 Å². The molecule has 0 amide bonds. The van der Waals surface area contributed by atoms with Crippen LogP contribution in [-0.2, 0) is 11.8 Å². The summed E-state index contributed by atoms with van der Waals surface area (Å²) in [7, 11) is 0. The van der Waals surface area contributed by atoms with E-state index in [-0.39, 0.29) is 5.41 Å². The Bertz CT molecular complexity index is 291. The normalized spacial score (nSPS) is 17.8. The summed E-state index contributed by atoms with van der Waals surface area (Å²) in [5, 5.41) is 3.56. The number of aromatic nitrogens is 1. The molecule has 0 aliphatic heterocycles. The summed E-state index contributed by atoms with van der Waals surface area (Å²) in [4.78, 5) is 4.68. The van der Waals surface area contributed by atoms with Crippen molar-refractivity contribution in [1.82, 2.24) is 4.98 Å². The van der Waals surface area contributed by atoms with Gasteiger partial charge in [-0.05, 0) is 18.8 Å². The molecule has 0 unspecified atom stereocenters. The maximum atomic E-state index is 4.68. The van der Waals surface area contributed by atoms with Gasteiger partial charge in [0.05, 0.1) is 10.7 Å². The van der Waals surface area contributed by atoms with Crippen LogP contribution in [0.1, 0.15) is 44.3 Å². The minimum absolute atomic E-state index is 0.221. The Labute approximate surface area is 84.2 Å². The van der Waals surface area contributed by atoms with Crippen LogP contribution < -0.4 is 0 Å². The van der Waals surface area contributed by atoms with Gasteiger partial charge in [0.15, 0.2) is 0 Å². The molecule has 2 rings (SSSR count). The van der Waals surface area contributed by atoms with E-state index in [1.165, 1.54) is 30.0 Å². The lowest BCUT2D eigenvalue weighted by molar-refractivity contribution is 0.570. The Balaban J connectivity index is 2.08. The Hall–Kier alpha value is -0.370. The number of nitrogens with zero attached hydrogens (tertiary/aromatic N) is 1. The van der Waals surface area contributed by atoms with Crippen molar-refractivity contribution in [3.8, 4) is 0 Å². The summed E-state index contributed by atoms with van der Waals surface area (Å²) in [6.45, 7) is 6.68. The molecular weight excluding hydrogens is 178 g/mol. The van der Waals surface area contributed by atoms with Gasteiger partial charge in [0.1, 0.15) is 0 Å². The standard InChI is InChI=1S/C11H17NS/c1-11(2,3)9-7-13-10(12-9)6-8-4-5-8/h7-8H,4-6H2,1-3H3. The summed E-state index contributed by atoms with van der Waals surface area (Å²) in [5.74, 6) is 0.957. The van der Waals surface area contributed by atoms with Crippen LogP contribution in [0.2, 0.25) is 0 Å². The van der Waals surface area contributed by atoms with Crippen LogP contribution in [0, 0.1) is 5.92 Å². The average Bonchev–Trinajstić information content (AvgIpc) is 2.63. The van der Waals surface area contributed by atoms with E-state index in [0.717, 1.165) is 5.92 Å². The van der Waals surface area contributed by atoms with E-state index in [2.05, 4.69) is 31.1 Å². The number of rotatable bonds is 2. The molecule has 1 aliphatic rings. The van der Waals surface area contributed by atoms with Gasteiger partial charge in [-0.1, -0.05) is 20.8 Å². The molecule has 0 saturated heterocycles. The molecule has 1 aliphatic carbocycles. The second-order valence-electron chi connectivity index (χ2n) is 5.02. The van der Waals surface area contributed by atoms with Crippen molar-refractivity contribution >= 4 is 11.3 Å². The van der Waals surface area contributed by atoms with E-state index in [0.29, 0.717) is 0 Å². The fourth-order valence-corrected chi connectivity index (χ4v) is 2.45. The van der Waals surface area contributed by atoms with Gasteiger partial charge in [0, 0.05) is 17.2 Å². The zero-order chi connectivity index (χ0) is 9.47. The molecule has 1 heterocycles. The lowest BCUT2D eigenvalue weighted by Crippen LogP contribution is -2.11. The summed E-state index contributed by atoms with van der Waals surface area (Å²) in [6, 6.07) is 0. The highest BCUT2D eigenvalue weighted by Gasteiger charge is 2.24. The Kier molecular flexibility index (Phi) is 2.18. The molecule has 1 aromatic rings. The molecule has 0 N–H and O–H groups in total. The van der Waals surface area contributed by atoms with Crippen molar-refractivity contribution in [1.29, 1.82) is 0 Å². The third kappa shape index (κ3) is 2.31. The quantitative estimate of drug-likeness (QED) is 0.705. The second kappa shape index (κ2) is 3.09. The summed E-state index contributed by atoms with van der Waals surface area (Å²) < 4.78 is 0. The van der Waals surface area contributed by atoms with E-state index < -0.39 is 0 Å². The first-order chi connectivity index (χ1) is 6.05. The molecular formula is C11H17NS. The van der Waals surface area contributed by atoms with Crippen LogP contribution >= 0.6 is 11.3 Å².